The fourth-order valence-electron chi connectivity index (χ4n) is 2.10. The van der Waals surface area contributed by atoms with Crippen LogP contribution in [0.4, 0.5) is 24.5 Å². The largest absolute Gasteiger partial charge is 0.416 e. The Morgan fingerprint density at radius 1 is 1.12 bits per heavy atom. The van der Waals surface area contributed by atoms with Gasteiger partial charge < -0.3 is 0 Å². The van der Waals surface area contributed by atoms with Crippen LogP contribution in [0.2, 0.25) is 0 Å². The lowest BCUT2D eigenvalue weighted by atomic mass is 10.1. The number of nitrogens with zero attached hydrogens (tertiary/aromatic N) is 4. The van der Waals surface area contributed by atoms with Crippen molar-refractivity contribution in [3.63, 3.8) is 0 Å². The molecule has 0 atom stereocenters. The number of nitro groups is 2. The third-order valence-corrected chi connectivity index (χ3v) is 4.35. The number of nitro benzene ring substituents is 2. The lowest BCUT2D eigenvalue weighted by Crippen LogP contribution is -2.12. The maximum absolute atomic E-state index is 12.9. The number of halogens is 4. The van der Waals surface area contributed by atoms with Crippen LogP contribution >= 0.6 is 15.9 Å². The zero-order chi connectivity index (χ0) is 18.4. The van der Waals surface area contributed by atoms with Crippen molar-refractivity contribution in [3.8, 4) is 5.69 Å². The molecule has 128 valence electrons. The van der Waals surface area contributed by atoms with Gasteiger partial charge in [0.05, 0.1) is 31.3 Å². The maximum atomic E-state index is 12.9. The average Bonchev–Trinajstić information content (AvgIpc) is 2.72. The zero-order valence-electron chi connectivity index (χ0n) is 12.1. The second-order valence-electron chi connectivity index (χ2n) is 4.77. The first-order valence-electron chi connectivity index (χ1n) is 6.21. The van der Waals surface area contributed by atoms with Gasteiger partial charge in [-0.25, -0.2) is 4.68 Å². The van der Waals surface area contributed by atoms with Gasteiger partial charge in [0.1, 0.15) is 0 Å². The molecule has 8 nitrogen and oxygen atoms in total. The van der Waals surface area contributed by atoms with Gasteiger partial charge in [-0.15, -0.1) is 0 Å². The second-order valence-corrected chi connectivity index (χ2v) is 5.56. The summed E-state index contributed by atoms with van der Waals surface area (Å²) >= 11 is 3.16. The summed E-state index contributed by atoms with van der Waals surface area (Å²) in [5.74, 6) is 0. The van der Waals surface area contributed by atoms with Crippen molar-refractivity contribution in [3.05, 3.63) is 53.8 Å². The Morgan fingerprint density at radius 3 is 1.88 bits per heavy atom. The van der Waals surface area contributed by atoms with Gasteiger partial charge in [-0.05, 0) is 29.8 Å². The molecule has 0 fully saturated rings. The normalized spacial score (nSPS) is 11.6. The minimum atomic E-state index is -4.97. The summed E-state index contributed by atoms with van der Waals surface area (Å²) in [7, 11) is 0. The Morgan fingerprint density at radius 2 is 1.58 bits per heavy atom. The molecule has 0 saturated carbocycles. The molecule has 1 aromatic heterocycles. The number of aromatic nitrogens is 2. The predicted octanol–water partition coefficient (Wildman–Crippen LogP) is 4.09. The van der Waals surface area contributed by atoms with Crippen molar-refractivity contribution in [2.24, 2.45) is 0 Å². The van der Waals surface area contributed by atoms with Crippen molar-refractivity contribution in [2.75, 3.05) is 0 Å². The molecule has 0 amide bonds. The molecule has 0 aliphatic rings. The quantitative estimate of drug-likeness (QED) is 0.561. The molecule has 0 saturated heterocycles. The highest BCUT2D eigenvalue weighted by atomic mass is 79.9. The summed E-state index contributed by atoms with van der Waals surface area (Å²) < 4.78 is 40.0. The van der Waals surface area contributed by atoms with Crippen molar-refractivity contribution < 1.29 is 23.0 Å². The number of aryl methyl sites for hydroxylation is 1. The van der Waals surface area contributed by atoms with Crippen LogP contribution in [-0.4, -0.2) is 19.6 Å². The highest BCUT2D eigenvalue weighted by Gasteiger charge is 2.39. The highest BCUT2D eigenvalue weighted by molar-refractivity contribution is 9.10. The van der Waals surface area contributed by atoms with E-state index in [0.717, 1.165) is 4.68 Å². The van der Waals surface area contributed by atoms with Gasteiger partial charge in [-0.2, -0.15) is 18.3 Å². The van der Waals surface area contributed by atoms with Crippen molar-refractivity contribution in [1.29, 1.82) is 0 Å². The highest BCUT2D eigenvalue weighted by Crippen LogP contribution is 2.40. The summed E-state index contributed by atoms with van der Waals surface area (Å²) in [6, 6.07) is 0.513. The minimum absolute atomic E-state index is 0.257. The Bertz CT molecular complexity index is 828. The van der Waals surface area contributed by atoms with Crippen LogP contribution < -0.4 is 0 Å². The molecule has 0 unspecified atom stereocenters. The van der Waals surface area contributed by atoms with Gasteiger partial charge in [0.2, 0.25) is 5.69 Å². The van der Waals surface area contributed by atoms with Crippen LogP contribution in [0.5, 0.6) is 0 Å². The summed E-state index contributed by atoms with van der Waals surface area (Å²) in [6.45, 7) is 3.00. The molecule has 24 heavy (non-hydrogen) atoms. The number of hydrogen-bond acceptors (Lipinski definition) is 5. The Kier molecular flexibility index (Phi) is 4.35. The number of alkyl halides is 3. The van der Waals surface area contributed by atoms with Crippen LogP contribution in [0, 0.1) is 34.1 Å². The van der Waals surface area contributed by atoms with Gasteiger partial charge in [0.15, 0.2) is 0 Å². The molecule has 0 spiro atoms. The SMILES string of the molecule is Cc1nn(-c2c([N+](=O)[O-])cc(C(F)(F)F)cc2[N+](=O)[O-])c(C)c1Br. The molecule has 2 aromatic rings. The third-order valence-electron chi connectivity index (χ3n) is 3.21. The lowest BCUT2D eigenvalue weighted by molar-refractivity contribution is -0.394. The van der Waals surface area contributed by atoms with E-state index in [1.807, 2.05) is 0 Å². The third kappa shape index (κ3) is 2.96. The van der Waals surface area contributed by atoms with E-state index in [1.54, 1.807) is 0 Å². The first-order valence-corrected chi connectivity index (χ1v) is 7.00. The van der Waals surface area contributed by atoms with E-state index in [2.05, 4.69) is 21.0 Å². The first kappa shape index (κ1) is 17.8. The van der Waals surface area contributed by atoms with E-state index in [0.29, 0.717) is 10.2 Å². The van der Waals surface area contributed by atoms with E-state index >= 15 is 0 Å². The number of rotatable bonds is 3. The van der Waals surface area contributed by atoms with Crippen molar-refractivity contribution in [1.82, 2.24) is 9.78 Å². The van der Waals surface area contributed by atoms with Crippen molar-refractivity contribution in [2.45, 2.75) is 20.0 Å². The first-order chi connectivity index (χ1) is 10.9. The summed E-state index contributed by atoms with van der Waals surface area (Å²) in [5.41, 5.74) is -3.59. The van der Waals surface area contributed by atoms with Gasteiger partial charge in [-0.1, -0.05) is 0 Å². The molecule has 1 heterocycles. The molecule has 2 rings (SSSR count). The van der Waals surface area contributed by atoms with E-state index in [4.69, 9.17) is 0 Å². The minimum Gasteiger partial charge on any atom is -0.258 e. The smallest absolute Gasteiger partial charge is 0.258 e. The van der Waals surface area contributed by atoms with Gasteiger partial charge in [0.25, 0.3) is 0 Å². The van der Waals surface area contributed by atoms with Crippen LogP contribution in [0.3, 0.4) is 0 Å². The van der Waals surface area contributed by atoms with E-state index < -0.39 is 38.6 Å². The molecule has 0 bridgehead atoms. The summed E-state index contributed by atoms with van der Waals surface area (Å²) in [6.07, 6.45) is -4.97. The van der Waals surface area contributed by atoms with Crippen LogP contribution in [0.15, 0.2) is 16.6 Å². The Hall–Kier alpha value is -2.50. The monoisotopic (exact) mass is 408 g/mol. The Balaban J connectivity index is 2.95. The van der Waals surface area contributed by atoms with Crippen molar-refractivity contribution >= 4 is 27.3 Å². The second kappa shape index (κ2) is 5.85. The summed E-state index contributed by atoms with van der Waals surface area (Å²) in [4.78, 5) is 20.2. The molecule has 12 heteroatoms. The van der Waals surface area contributed by atoms with Gasteiger partial charge >= 0.3 is 17.6 Å². The number of benzene rings is 1. The fraction of sp³-hybridized carbons (Fsp3) is 0.250. The zero-order valence-corrected chi connectivity index (χ0v) is 13.7. The molecule has 1 aromatic carbocycles. The Labute approximate surface area is 140 Å². The molecule has 0 N–H and O–H groups in total. The van der Waals surface area contributed by atoms with Gasteiger partial charge in [-0.3, -0.25) is 20.2 Å². The van der Waals surface area contributed by atoms with Crippen LogP contribution in [-0.2, 0) is 6.18 Å². The molecule has 0 aliphatic heterocycles. The molecule has 0 aliphatic carbocycles. The molecule has 0 radical (unpaired) electrons. The van der Waals surface area contributed by atoms with Crippen LogP contribution in [0.25, 0.3) is 5.69 Å². The van der Waals surface area contributed by atoms with E-state index in [9.17, 15) is 33.4 Å². The molecular weight excluding hydrogens is 401 g/mol. The number of hydrogen-bond donors (Lipinski definition) is 0. The van der Waals surface area contributed by atoms with Crippen LogP contribution in [0.1, 0.15) is 17.0 Å². The maximum Gasteiger partial charge on any atom is 0.416 e. The van der Waals surface area contributed by atoms with E-state index in [1.165, 1.54) is 13.8 Å². The predicted molar refractivity (Wildman–Crippen MR) is 79.0 cm³/mol. The standard InChI is InChI=1S/C12H8BrF3N4O4/c1-5-10(13)6(2)18(17-5)11-8(19(21)22)3-7(12(14,15)16)4-9(11)20(23)24/h3-4H,1-2H3. The topological polar surface area (TPSA) is 104 Å². The summed E-state index contributed by atoms with van der Waals surface area (Å²) in [5, 5.41) is 26.4. The lowest BCUT2D eigenvalue weighted by Gasteiger charge is -2.11. The average molecular weight is 409 g/mol. The molecular formula is C12H8BrF3N4O4. The van der Waals surface area contributed by atoms with E-state index in [-0.39, 0.29) is 17.8 Å². The van der Waals surface area contributed by atoms with Gasteiger partial charge in [0, 0.05) is 12.1 Å². The fourth-order valence-corrected chi connectivity index (χ4v) is 2.35.